The number of nitrogens with one attached hydrogen (secondary N) is 1. The van der Waals surface area contributed by atoms with E-state index in [1.165, 1.54) is 11.5 Å². The van der Waals surface area contributed by atoms with Gasteiger partial charge in [0.1, 0.15) is 5.69 Å². The number of rotatable bonds is 7. The molecule has 1 N–H and O–H groups in total. The zero-order chi connectivity index (χ0) is 22.6. The number of nitrogens with zero attached hydrogens (tertiary/aromatic N) is 5. The Labute approximate surface area is 194 Å². The van der Waals surface area contributed by atoms with Crippen LogP contribution < -0.4 is 5.32 Å². The summed E-state index contributed by atoms with van der Waals surface area (Å²) in [6.07, 6.45) is 7.67. The van der Waals surface area contributed by atoms with E-state index >= 15 is 0 Å². The standard InChI is InChI=1S/C23H24N6O3S/c30-22(16-2-3-17-15-26-33-20(17)14-16)24-8-1-13-32-18-5-10-28(11-6-18)23(31)19-7-12-29-21(27-19)4-9-25-29/h2-4,7,9,12,14-15,18H,1,5-6,8,10-11,13H2,(H,24,30). The van der Waals surface area contributed by atoms with E-state index in [1.54, 1.807) is 35.2 Å². The highest BCUT2D eigenvalue weighted by atomic mass is 32.1. The minimum absolute atomic E-state index is 0.0589. The van der Waals surface area contributed by atoms with Crippen molar-refractivity contribution in [3.8, 4) is 0 Å². The Bertz CT molecular complexity index is 1280. The molecule has 0 atom stereocenters. The molecule has 0 aliphatic carbocycles. The molecule has 1 aliphatic rings. The van der Waals surface area contributed by atoms with E-state index in [4.69, 9.17) is 4.74 Å². The number of carbonyl (C=O) groups is 2. The van der Waals surface area contributed by atoms with Gasteiger partial charge in [-0.15, -0.1) is 0 Å². The van der Waals surface area contributed by atoms with Crippen molar-refractivity contribution in [2.75, 3.05) is 26.2 Å². The predicted octanol–water partition coefficient (Wildman–Crippen LogP) is 2.78. The average molecular weight is 465 g/mol. The van der Waals surface area contributed by atoms with Gasteiger partial charge in [0.05, 0.1) is 17.0 Å². The van der Waals surface area contributed by atoms with Crippen LogP contribution in [-0.2, 0) is 4.74 Å². The maximum Gasteiger partial charge on any atom is 0.272 e. The van der Waals surface area contributed by atoms with Gasteiger partial charge in [0.2, 0.25) is 0 Å². The molecule has 2 amide bonds. The largest absolute Gasteiger partial charge is 0.378 e. The summed E-state index contributed by atoms with van der Waals surface area (Å²) in [7, 11) is 0. The highest BCUT2D eigenvalue weighted by Gasteiger charge is 2.25. The number of ether oxygens (including phenoxy) is 1. The van der Waals surface area contributed by atoms with Crippen molar-refractivity contribution >= 4 is 39.1 Å². The van der Waals surface area contributed by atoms with Crippen LogP contribution in [0.5, 0.6) is 0 Å². The fourth-order valence-corrected chi connectivity index (χ4v) is 4.63. The number of benzene rings is 1. The Kier molecular flexibility index (Phi) is 6.27. The summed E-state index contributed by atoms with van der Waals surface area (Å²) in [5.74, 6) is -0.142. The van der Waals surface area contributed by atoms with Crippen molar-refractivity contribution in [1.82, 2.24) is 29.2 Å². The number of hydrogen-bond acceptors (Lipinski definition) is 7. The Morgan fingerprint density at radius 2 is 2.06 bits per heavy atom. The van der Waals surface area contributed by atoms with Crippen molar-refractivity contribution in [2.45, 2.75) is 25.4 Å². The first-order valence-corrected chi connectivity index (χ1v) is 11.8. The number of hydrogen-bond donors (Lipinski definition) is 1. The minimum Gasteiger partial charge on any atom is -0.378 e. The second kappa shape index (κ2) is 9.63. The molecule has 5 rings (SSSR count). The molecule has 1 aromatic carbocycles. The SMILES string of the molecule is O=C(NCCCOC1CCN(C(=O)c2ccn3nccc3n2)CC1)c1ccc2cnsc2c1. The number of likely N-dealkylation sites (tertiary alicyclic amines) is 1. The van der Waals surface area contributed by atoms with Gasteiger partial charge in [0, 0.05) is 55.7 Å². The average Bonchev–Trinajstić information content (AvgIpc) is 3.52. The van der Waals surface area contributed by atoms with Gasteiger partial charge in [-0.2, -0.15) is 9.47 Å². The Hall–Kier alpha value is -3.37. The maximum absolute atomic E-state index is 12.8. The molecule has 10 heteroatoms. The van der Waals surface area contributed by atoms with Gasteiger partial charge in [0.25, 0.3) is 11.8 Å². The number of aromatic nitrogens is 4. The first-order chi connectivity index (χ1) is 16.2. The molecule has 4 aromatic rings. The highest BCUT2D eigenvalue weighted by Crippen LogP contribution is 2.19. The Balaban J connectivity index is 1.01. The summed E-state index contributed by atoms with van der Waals surface area (Å²) in [5.41, 5.74) is 1.74. The van der Waals surface area contributed by atoms with Gasteiger partial charge in [-0.25, -0.2) is 9.50 Å². The Morgan fingerprint density at radius 3 is 2.94 bits per heavy atom. The molecule has 4 heterocycles. The number of piperidine rings is 1. The van der Waals surface area contributed by atoms with Crippen LogP contribution in [0.4, 0.5) is 0 Å². The second-order valence-corrected chi connectivity index (χ2v) is 8.83. The molecule has 1 aliphatic heterocycles. The van der Waals surface area contributed by atoms with Crippen LogP contribution in [-0.4, -0.2) is 68.0 Å². The normalized spacial score (nSPS) is 14.7. The quantitative estimate of drug-likeness (QED) is 0.422. The van der Waals surface area contributed by atoms with Crippen LogP contribution in [0.25, 0.3) is 15.7 Å². The Morgan fingerprint density at radius 1 is 1.18 bits per heavy atom. The molecule has 1 fully saturated rings. The van der Waals surface area contributed by atoms with Crippen LogP contribution >= 0.6 is 11.5 Å². The van der Waals surface area contributed by atoms with Crippen molar-refractivity contribution in [1.29, 1.82) is 0 Å². The van der Waals surface area contributed by atoms with E-state index in [0.29, 0.717) is 43.1 Å². The van der Waals surface area contributed by atoms with E-state index in [2.05, 4.69) is 19.8 Å². The fourth-order valence-electron chi connectivity index (χ4n) is 3.95. The van der Waals surface area contributed by atoms with Gasteiger partial charge in [-0.05, 0) is 49.0 Å². The highest BCUT2D eigenvalue weighted by molar-refractivity contribution is 7.13. The molecule has 1 saturated heterocycles. The lowest BCUT2D eigenvalue weighted by Crippen LogP contribution is -2.41. The summed E-state index contributed by atoms with van der Waals surface area (Å²) in [6.45, 7) is 2.42. The molecule has 0 radical (unpaired) electrons. The van der Waals surface area contributed by atoms with Crippen molar-refractivity contribution in [3.63, 3.8) is 0 Å². The van der Waals surface area contributed by atoms with Gasteiger partial charge in [0.15, 0.2) is 5.65 Å². The predicted molar refractivity (Wildman–Crippen MR) is 124 cm³/mol. The third-order valence-corrected chi connectivity index (χ3v) is 6.55. The molecule has 0 bridgehead atoms. The molecule has 3 aromatic heterocycles. The molecular formula is C23H24N6O3S. The molecule has 0 unspecified atom stereocenters. The van der Waals surface area contributed by atoms with Crippen LogP contribution in [0.1, 0.15) is 40.1 Å². The van der Waals surface area contributed by atoms with Crippen molar-refractivity contribution < 1.29 is 14.3 Å². The lowest BCUT2D eigenvalue weighted by atomic mass is 10.1. The third-order valence-electron chi connectivity index (χ3n) is 5.79. The van der Waals surface area contributed by atoms with Crippen LogP contribution in [0.3, 0.4) is 0 Å². The number of amides is 2. The van der Waals surface area contributed by atoms with Gasteiger partial charge >= 0.3 is 0 Å². The maximum atomic E-state index is 12.8. The fraction of sp³-hybridized carbons (Fsp3) is 0.348. The van der Waals surface area contributed by atoms with Crippen LogP contribution in [0.15, 0.2) is 48.9 Å². The summed E-state index contributed by atoms with van der Waals surface area (Å²) in [6, 6.07) is 9.09. The molecule has 170 valence electrons. The molecule has 9 nitrogen and oxygen atoms in total. The van der Waals surface area contributed by atoms with E-state index in [0.717, 1.165) is 29.3 Å². The summed E-state index contributed by atoms with van der Waals surface area (Å²) in [5, 5.41) is 8.10. The molecular weight excluding hydrogens is 440 g/mol. The van der Waals surface area contributed by atoms with Gasteiger partial charge in [-0.1, -0.05) is 6.07 Å². The van der Waals surface area contributed by atoms with E-state index in [1.807, 2.05) is 23.1 Å². The van der Waals surface area contributed by atoms with Gasteiger partial charge < -0.3 is 15.0 Å². The van der Waals surface area contributed by atoms with Crippen molar-refractivity contribution in [2.24, 2.45) is 0 Å². The molecule has 33 heavy (non-hydrogen) atoms. The van der Waals surface area contributed by atoms with E-state index < -0.39 is 0 Å². The third kappa shape index (κ3) is 4.86. The van der Waals surface area contributed by atoms with Crippen LogP contribution in [0.2, 0.25) is 0 Å². The first kappa shape index (κ1) is 21.5. The van der Waals surface area contributed by atoms with Crippen molar-refractivity contribution in [3.05, 3.63) is 60.2 Å². The van der Waals surface area contributed by atoms with Gasteiger partial charge in [-0.3, -0.25) is 9.59 Å². The monoisotopic (exact) mass is 464 g/mol. The summed E-state index contributed by atoms with van der Waals surface area (Å²) < 4.78 is 12.8. The van der Waals surface area contributed by atoms with Crippen LogP contribution in [0, 0.1) is 0 Å². The number of fused-ring (bicyclic) bond motifs is 2. The second-order valence-electron chi connectivity index (χ2n) is 8.00. The van der Waals surface area contributed by atoms with E-state index in [9.17, 15) is 9.59 Å². The lowest BCUT2D eigenvalue weighted by Gasteiger charge is -2.31. The molecule has 0 spiro atoms. The number of carbonyl (C=O) groups excluding carboxylic acids is 2. The zero-order valence-electron chi connectivity index (χ0n) is 18.0. The zero-order valence-corrected chi connectivity index (χ0v) is 18.8. The summed E-state index contributed by atoms with van der Waals surface area (Å²) in [4.78, 5) is 31.3. The smallest absolute Gasteiger partial charge is 0.272 e. The van der Waals surface area contributed by atoms with E-state index in [-0.39, 0.29) is 17.9 Å². The first-order valence-electron chi connectivity index (χ1n) is 11.0. The topological polar surface area (TPSA) is 102 Å². The molecule has 0 saturated carbocycles. The summed E-state index contributed by atoms with van der Waals surface area (Å²) >= 11 is 1.39. The minimum atomic E-state index is -0.0835. The lowest BCUT2D eigenvalue weighted by molar-refractivity contribution is 0.00787.